The highest BCUT2D eigenvalue weighted by Crippen LogP contribution is 2.32. The topological polar surface area (TPSA) is 29.5 Å². The molecule has 0 bridgehead atoms. The van der Waals surface area contributed by atoms with Gasteiger partial charge in [0.25, 0.3) is 0 Å². The van der Waals surface area contributed by atoms with Gasteiger partial charge >= 0.3 is 0 Å². The van der Waals surface area contributed by atoms with Crippen LogP contribution in [0.3, 0.4) is 0 Å². The van der Waals surface area contributed by atoms with E-state index in [0.29, 0.717) is 5.75 Å². The van der Waals surface area contributed by atoms with Crippen LogP contribution in [0.5, 0.6) is 17.2 Å². The van der Waals surface area contributed by atoms with Gasteiger partial charge in [0.15, 0.2) is 0 Å². The first-order valence-corrected chi connectivity index (χ1v) is 6.03. The molecule has 0 radical (unpaired) electrons. The predicted octanol–water partition coefficient (Wildman–Crippen LogP) is 4.42. The molecule has 0 aliphatic carbocycles. The molecule has 94 valence electrons. The normalized spacial score (nSPS) is 10.4. The number of phenols is 1. The average Bonchev–Trinajstić information content (AvgIpc) is 2.31. The van der Waals surface area contributed by atoms with Crippen molar-refractivity contribution in [2.75, 3.05) is 0 Å². The summed E-state index contributed by atoms with van der Waals surface area (Å²) in [6, 6.07) is 9.79. The summed E-state index contributed by atoms with van der Waals surface area (Å²) in [6.07, 6.45) is 0. The molecule has 0 aromatic heterocycles. The molecule has 2 heteroatoms. The molecule has 0 saturated carbocycles. The molecule has 0 fully saturated rings. The third-order valence-corrected chi connectivity index (χ3v) is 3.09. The Balaban J connectivity index is 2.41. The van der Waals surface area contributed by atoms with Crippen molar-refractivity contribution in [2.24, 2.45) is 0 Å². The molecule has 2 nitrogen and oxygen atoms in total. The van der Waals surface area contributed by atoms with Crippen LogP contribution < -0.4 is 4.74 Å². The van der Waals surface area contributed by atoms with Crippen molar-refractivity contribution in [1.29, 1.82) is 0 Å². The van der Waals surface area contributed by atoms with E-state index in [1.54, 1.807) is 0 Å². The number of benzene rings is 2. The zero-order chi connectivity index (χ0) is 13.3. The molecule has 0 aliphatic rings. The van der Waals surface area contributed by atoms with Gasteiger partial charge in [-0.15, -0.1) is 0 Å². The molecular weight excluding hydrogens is 224 g/mol. The largest absolute Gasteiger partial charge is 0.507 e. The first-order valence-electron chi connectivity index (χ1n) is 6.03. The molecule has 0 spiro atoms. The van der Waals surface area contributed by atoms with E-state index in [1.807, 2.05) is 58.0 Å². The molecule has 0 heterocycles. The minimum absolute atomic E-state index is 0.337. The van der Waals surface area contributed by atoms with Crippen LogP contribution in [0.4, 0.5) is 0 Å². The molecule has 0 atom stereocenters. The van der Waals surface area contributed by atoms with Gasteiger partial charge in [-0.05, 0) is 62.1 Å². The number of hydrogen-bond acceptors (Lipinski definition) is 2. The molecule has 0 amide bonds. The summed E-state index contributed by atoms with van der Waals surface area (Å²) in [4.78, 5) is 0. The second-order valence-electron chi connectivity index (χ2n) is 4.73. The standard InChI is InChI=1S/C16H18O2/c1-10-6-5-7-11(2)16(10)18-14-8-12(3)15(17)13(4)9-14/h5-9,17H,1-4H3. The van der Waals surface area contributed by atoms with Gasteiger partial charge in [0.05, 0.1) is 0 Å². The van der Waals surface area contributed by atoms with Crippen molar-refractivity contribution < 1.29 is 9.84 Å². The van der Waals surface area contributed by atoms with Gasteiger partial charge in [-0.2, -0.15) is 0 Å². The van der Waals surface area contributed by atoms with Crippen molar-refractivity contribution in [2.45, 2.75) is 27.7 Å². The Labute approximate surface area is 108 Å². The summed E-state index contributed by atoms with van der Waals surface area (Å²) >= 11 is 0. The summed E-state index contributed by atoms with van der Waals surface area (Å²) in [5, 5.41) is 9.75. The van der Waals surface area contributed by atoms with Crippen LogP contribution in [0.2, 0.25) is 0 Å². The molecule has 0 unspecified atom stereocenters. The van der Waals surface area contributed by atoms with Crippen molar-refractivity contribution in [1.82, 2.24) is 0 Å². The summed E-state index contributed by atoms with van der Waals surface area (Å²) in [7, 11) is 0. The highest BCUT2D eigenvalue weighted by Gasteiger charge is 2.08. The highest BCUT2D eigenvalue weighted by molar-refractivity contribution is 5.48. The Hall–Kier alpha value is -1.96. The highest BCUT2D eigenvalue weighted by atomic mass is 16.5. The van der Waals surface area contributed by atoms with Crippen LogP contribution in [-0.4, -0.2) is 5.11 Å². The molecular formula is C16H18O2. The second-order valence-corrected chi connectivity index (χ2v) is 4.73. The summed E-state index contributed by atoms with van der Waals surface area (Å²) in [5.74, 6) is 1.99. The van der Waals surface area contributed by atoms with E-state index in [0.717, 1.165) is 33.8 Å². The second kappa shape index (κ2) is 4.73. The van der Waals surface area contributed by atoms with Crippen molar-refractivity contribution in [3.63, 3.8) is 0 Å². The van der Waals surface area contributed by atoms with Crippen molar-refractivity contribution in [3.05, 3.63) is 52.6 Å². The number of rotatable bonds is 2. The van der Waals surface area contributed by atoms with Crippen molar-refractivity contribution in [3.8, 4) is 17.2 Å². The third kappa shape index (κ3) is 2.33. The fraction of sp³-hybridized carbons (Fsp3) is 0.250. The van der Waals surface area contributed by atoms with Gasteiger partial charge in [-0.1, -0.05) is 18.2 Å². The van der Waals surface area contributed by atoms with Crippen LogP contribution >= 0.6 is 0 Å². The summed E-state index contributed by atoms with van der Waals surface area (Å²) in [6.45, 7) is 7.81. The Morgan fingerprint density at radius 3 is 1.83 bits per heavy atom. The lowest BCUT2D eigenvalue weighted by atomic mass is 10.1. The maximum atomic E-state index is 9.75. The lowest BCUT2D eigenvalue weighted by Crippen LogP contribution is -1.92. The zero-order valence-corrected chi connectivity index (χ0v) is 11.2. The quantitative estimate of drug-likeness (QED) is 0.844. The maximum absolute atomic E-state index is 9.75. The fourth-order valence-corrected chi connectivity index (χ4v) is 2.05. The first-order chi connectivity index (χ1) is 8.49. The predicted molar refractivity (Wildman–Crippen MR) is 73.6 cm³/mol. The van der Waals surface area contributed by atoms with Gasteiger partial charge < -0.3 is 9.84 Å². The number of phenolic OH excluding ortho intramolecular Hbond substituents is 1. The van der Waals surface area contributed by atoms with E-state index in [9.17, 15) is 5.11 Å². The third-order valence-electron chi connectivity index (χ3n) is 3.09. The number of para-hydroxylation sites is 1. The zero-order valence-electron chi connectivity index (χ0n) is 11.2. The molecule has 18 heavy (non-hydrogen) atoms. The molecule has 0 aliphatic heterocycles. The van der Waals surface area contributed by atoms with Crippen LogP contribution in [0, 0.1) is 27.7 Å². The Bertz CT molecular complexity index is 542. The van der Waals surface area contributed by atoms with Gasteiger partial charge in [-0.3, -0.25) is 0 Å². The molecule has 2 aromatic carbocycles. The van der Waals surface area contributed by atoms with E-state index in [2.05, 4.69) is 0 Å². The monoisotopic (exact) mass is 242 g/mol. The molecule has 0 saturated heterocycles. The minimum atomic E-state index is 0.337. The Morgan fingerprint density at radius 1 is 0.833 bits per heavy atom. The number of ether oxygens (including phenoxy) is 1. The smallest absolute Gasteiger partial charge is 0.133 e. The summed E-state index contributed by atoms with van der Waals surface area (Å²) in [5.41, 5.74) is 3.88. The molecule has 2 rings (SSSR count). The van der Waals surface area contributed by atoms with Gasteiger partial charge in [0, 0.05) is 0 Å². The van der Waals surface area contributed by atoms with E-state index < -0.39 is 0 Å². The Kier molecular flexibility index (Phi) is 3.28. The fourth-order valence-electron chi connectivity index (χ4n) is 2.05. The first kappa shape index (κ1) is 12.5. The van der Waals surface area contributed by atoms with Crippen LogP contribution in [0.1, 0.15) is 22.3 Å². The SMILES string of the molecule is Cc1cc(Oc2c(C)cccc2C)cc(C)c1O. The van der Waals surface area contributed by atoms with E-state index >= 15 is 0 Å². The van der Waals surface area contributed by atoms with Crippen LogP contribution in [-0.2, 0) is 0 Å². The van der Waals surface area contributed by atoms with Gasteiger partial charge in [-0.25, -0.2) is 0 Å². The lowest BCUT2D eigenvalue weighted by Gasteiger charge is -2.13. The van der Waals surface area contributed by atoms with E-state index in [1.165, 1.54) is 0 Å². The van der Waals surface area contributed by atoms with E-state index in [-0.39, 0.29) is 0 Å². The average molecular weight is 242 g/mol. The molecule has 1 N–H and O–H groups in total. The lowest BCUT2D eigenvalue weighted by molar-refractivity contribution is 0.454. The maximum Gasteiger partial charge on any atom is 0.133 e. The van der Waals surface area contributed by atoms with Crippen molar-refractivity contribution >= 4 is 0 Å². The minimum Gasteiger partial charge on any atom is -0.507 e. The van der Waals surface area contributed by atoms with Gasteiger partial charge in [0.2, 0.25) is 0 Å². The van der Waals surface area contributed by atoms with Gasteiger partial charge in [0.1, 0.15) is 17.2 Å². The van der Waals surface area contributed by atoms with E-state index in [4.69, 9.17) is 4.74 Å². The summed E-state index contributed by atoms with van der Waals surface area (Å²) < 4.78 is 5.95. The molecule has 2 aromatic rings. The Morgan fingerprint density at radius 2 is 1.33 bits per heavy atom. The van der Waals surface area contributed by atoms with Crippen LogP contribution in [0.25, 0.3) is 0 Å². The number of hydrogen-bond donors (Lipinski definition) is 1. The number of aryl methyl sites for hydroxylation is 4. The number of aromatic hydroxyl groups is 1. The van der Waals surface area contributed by atoms with Crippen LogP contribution in [0.15, 0.2) is 30.3 Å².